The number of carbonyl (C=O) groups excluding carboxylic acids is 1. The Balaban J connectivity index is 1.75. The molecule has 0 unspecified atom stereocenters. The first-order valence-electron chi connectivity index (χ1n) is 7.23. The van der Waals surface area contributed by atoms with Crippen molar-refractivity contribution in [3.8, 4) is 5.75 Å². The van der Waals surface area contributed by atoms with Gasteiger partial charge in [0.1, 0.15) is 0 Å². The molecule has 1 fully saturated rings. The second-order valence-electron chi connectivity index (χ2n) is 5.47. The monoisotopic (exact) mass is 289 g/mol. The summed E-state index contributed by atoms with van der Waals surface area (Å²) in [5.41, 5.74) is 0.587. The number of methoxy groups -OCH3 is 1. The maximum Gasteiger partial charge on any atom is 0.287 e. The molecule has 1 amide bonds. The Labute approximate surface area is 122 Å². The van der Waals surface area contributed by atoms with E-state index in [-0.39, 0.29) is 18.1 Å². The number of nitrogens with one attached hydrogen (secondary N) is 1. The summed E-state index contributed by atoms with van der Waals surface area (Å²) in [5.74, 6) is 0.697. The minimum absolute atomic E-state index is 0.107. The number of furan rings is 1. The van der Waals surface area contributed by atoms with E-state index in [4.69, 9.17) is 9.15 Å². The van der Waals surface area contributed by atoms with Crippen LogP contribution in [-0.4, -0.2) is 30.3 Å². The Bertz CT molecular complexity index is 641. The van der Waals surface area contributed by atoms with E-state index in [2.05, 4.69) is 5.32 Å². The third kappa shape index (κ3) is 2.88. The van der Waals surface area contributed by atoms with Crippen molar-refractivity contribution in [3.05, 3.63) is 30.0 Å². The number of ether oxygens (including phenoxy) is 1. The summed E-state index contributed by atoms with van der Waals surface area (Å²) in [6.07, 6.45) is 2.85. The van der Waals surface area contributed by atoms with Crippen LogP contribution in [0.2, 0.25) is 0 Å². The molecule has 1 aliphatic rings. The highest BCUT2D eigenvalue weighted by atomic mass is 16.5. The summed E-state index contributed by atoms with van der Waals surface area (Å²) in [7, 11) is 1.57. The number of aliphatic hydroxyl groups is 1. The van der Waals surface area contributed by atoms with E-state index >= 15 is 0 Å². The highest BCUT2D eigenvalue weighted by molar-refractivity contribution is 5.97. The molecule has 1 aromatic heterocycles. The second-order valence-corrected chi connectivity index (χ2v) is 5.47. The minimum Gasteiger partial charge on any atom is -0.493 e. The molecule has 0 bridgehead atoms. The number of para-hydroxylation sites is 1. The van der Waals surface area contributed by atoms with Gasteiger partial charge in [-0.25, -0.2) is 0 Å². The largest absolute Gasteiger partial charge is 0.493 e. The first kappa shape index (κ1) is 13.9. The molecular weight excluding hydrogens is 270 g/mol. The highest BCUT2D eigenvalue weighted by Crippen LogP contribution is 2.28. The highest BCUT2D eigenvalue weighted by Gasteiger charge is 2.23. The van der Waals surface area contributed by atoms with Gasteiger partial charge in [0.15, 0.2) is 17.1 Å². The average molecular weight is 289 g/mol. The Kier molecular flexibility index (Phi) is 3.84. The fraction of sp³-hybridized carbons (Fsp3) is 0.438. The van der Waals surface area contributed by atoms with Gasteiger partial charge in [0.05, 0.1) is 13.2 Å². The number of hydrogen-bond acceptors (Lipinski definition) is 4. The summed E-state index contributed by atoms with van der Waals surface area (Å²) in [6.45, 7) is 0. The summed E-state index contributed by atoms with van der Waals surface area (Å²) in [4.78, 5) is 12.3. The first-order chi connectivity index (χ1) is 10.2. The molecule has 21 heavy (non-hydrogen) atoms. The summed E-state index contributed by atoms with van der Waals surface area (Å²) in [5, 5.41) is 13.3. The first-order valence-corrected chi connectivity index (χ1v) is 7.23. The molecule has 0 atom stereocenters. The maximum absolute atomic E-state index is 12.3. The lowest BCUT2D eigenvalue weighted by molar-refractivity contribution is 0.0845. The van der Waals surface area contributed by atoms with Crippen molar-refractivity contribution in [2.75, 3.05) is 7.11 Å². The van der Waals surface area contributed by atoms with Gasteiger partial charge in [-0.15, -0.1) is 0 Å². The van der Waals surface area contributed by atoms with Crippen LogP contribution >= 0.6 is 0 Å². The van der Waals surface area contributed by atoms with Crippen molar-refractivity contribution in [3.63, 3.8) is 0 Å². The Morgan fingerprint density at radius 2 is 2.10 bits per heavy atom. The summed E-state index contributed by atoms with van der Waals surface area (Å²) < 4.78 is 10.9. The van der Waals surface area contributed by atoms with Gasteiger partial charge < -0.3 is 19.6 Å². The number of aliphatic hydroxyl groups excluding tert-OH is 1. The molecule has 5 heteroatoms. The van der Waals surface area contributed by atoms with Crippen LogP contribution < -0.4 is 10.1 Å². The molecule has 0 aliphatic heterocycles. The van der Waals surface area contributed by atoms with Gasteiger partial charge in [-0.1, -0.05) is 12.1 Å². The standard InChI is InChI=1S/C16H19NO4/c1-20-13-4-2-3-10-9-14(21-15(10)13)16(19)17-11-5-7-12(18)8-6-11/h2-4,9,11-12,18H,5-8H2,1H3,(H,17,19). The Morgan fingerprint density at radius 3 is 2.81 bits per heavy atom. The topological polar surface area (TPSA) is 71.7 Å². The van der Waals surface area contributed by atoms with Crippen LogP contribution in [0.25, 0.3) is 11.0 Å². The van der Waals surface area contributed by atoms with E-state index in [0.717, 1.165) is 31.1 Å². The molecule has 1 saturated carbocycles. The van der Waals surface area contributed by atoms with E-state index in [0.29, 0.717) is 17.1 Å². The number of hydrogen-bond donors (Lipinski definition) is 2. The molecule has 3 rings (SSSR count). The van der Waals surface area contributed by atoms with Crippen LogP contribution in [-0.2, 0) is 0 Å². The van der Waals surface area contributed by atoms with Crippen LogP contribution in [0.3, 0.4) is 0 Å². The lowest BCUT2D eigenvalue weighted by Crippen LogP contribution is -2.38. The molecule has 0 spiro atoms. The van der Waals surface area contributed by atoms with Crippen molar-refractivity contribution in [1.29, 1.82) is 0 Å². The van der Waals surface area contributed by atoms with Gasteiger partial charge in [-0.2, -0.15) is 0 Å². The van der Waals surface area contributed by atoms with Gasteiger partial charge in [-0.3, -0.25) is 4.79 Å². The fourth-order valence-corrected chi connectivity index (χ4v) is 2.79. The molecular formula is C16H19NO4. The van der Waals surface area contributed by atoms with Crippen molar-refractivity contribution < 1.29 is 19.1 Å². The lowest BCUT2D eigenvalue weighted by atomic mass is 9.93. The minimum atomic E-state index is -0.228. The van der Waals surface area contributed by atoms with Crippen LogP contribution in [0.5, 0.6) is 5.75 Å². The van der Waals surface area contributed by atoms with Gasteiger partial charge in [0.25, 0.3) is 5.91 Å². The molecule has 1 aliphatic carbocycles. The zero-order valence-electron chi connectivity index (χ0n) is 12.0. The summed E-state index contributed by atoms with van der Waals surface area (Å²) in [6, 6.07) is 7.38. The van der Waals surface area contributed by atoms with Crippen molar-refractivity contribution in [1.82, 2.24) is 5.32 Å². The predicted octanol–water partition coefficient (Wildman–Crippen LogP) is 2.47. The van der Waals surface area contributed by atoms with Crippen LogP contribution in [0.15, 0.2) is 28.7 Å². The third-order valence-corrected chi connectivity index (χ3v) is 3.98. The molecule has 2 N–H and O–H groups in total. The smallest absolute Gasteiger partial charge is 0.287 e. The second kappa shape index (κ2) is 5.77. The number of carbonyl (C=O) groups is 1. The number of rotatable bonds is 3. The van der Waals surface area contributed by atoms with Crippen molar-refractivity contribution >= 4 is 16.9 Å². The van der Waals surface area contributed by atoms with Crippen molar-refractivity contribution in [2.45, 2.75) is 37.8 Å². The van der Waals surface area contributed by atoms with Crippen LogP contribution in [0.1, 0.15) is 36.2 Å². The van der Waals surface area contributed by atoms with Gasteiger partial charge in [0.2, 0.25) is 0 Å². The summed E-state index contributed by atoms with van der Waals surface area (Å²) >= 11 is 0. The molecule has 0 saturated heterocycles. The number of fused-ring (bicyclic) bond motifs is 1. The average Bonchev–Trinajstić information content (AvgIpc) is 2.93. The van der Waals surface area contributed by atoms with Gasteiger partial charge >= 0.3 is 0 Å². The zero-order chi connectivity index (χ0) is 14.8. The third-order valence-electron chi connectivity index (χ3n) is 3.98. The normalized spacial score (nSPS) is 22.2. The molecule has 1 aromatic carbocycles. The maximum atomic E-state index is 12.3. The fourth-order valence-electron chi connectivity index (χ4n) is 2.79. The van der Waals surface area contributed by atoms with E-state index in [1.54, 1.807) is 19.2 Å². The Morgan fingerprint density at radius 1 is 1.33 bits per heavy atom. The lowest BCUT2D eigenvalue weighted by Gasteiger charge is -2.25. The molecule has 0 radical (unpaired) electrons. The van der Waals surface area contributed by atoms with Gasteiger partial charge in [0, 0.05) is 11.4 Å². The molecule has 5 nitrogen and oxygen atoms in total. The molecule has 1 heterocycles. The van der Waals surface area contributed by atoms with Gasteiger partial charge in [-0.05, 0) is 37.8 Å². The quantitative estimate of drug-likeness (QED) is 0.910. The number of amides is 1. The van der Waals surface area contributed by atoms with E-state index in [1.807, 2.05) is 12.1 Å². The van der Waals surface area contributed by atoms with Crippen LogP contribution in [0, 0.1) is 0 Å². The zero-order valence-corrected chi connectivity index (χ0v) is 12.0. The predicted molar refractivity (Wildman–Crippen MR) is 78.5 cm³/mol. The molecule has 112 valence electrons. The van der Waals surface area contributed by atoms with Crippen LogP contribution in [0.4, 0.5) is 0 Å². The van der Waals surface area contributed by atoms with E-state index in [9.17, 15) is 9.90 Å². The van der Waals surface area contributed by atoms with E-state index < -0.39 is 0 Å². The Hall–Kier alpha value is -2.01. The van der Waals surface area contributed by atoms with Crippen molar-refractivity contribution in [2.24, 2.45) is 0 Å². The SMILES string of the molecule is COc1cccc2cc(C(=O)NC3CCC(O)CC3)oc12. The van der Waals surface area contributed by atoms with E-state index in [1.165, 1.54) is 0 Å². The number of benzene rings is 1. The molecule has 2 aromatic rings.